The number of hydrogen-bond donors (Lipinski definition) is 1. The molecule has 0 spiro atoms. The van der Waals surface area contributed by atoms with Gasteiger partial charge >= 0.3 is 0 Å². The molecule has 21 heavy (non-hydrogen) atoms. The van der Waals surface area contributed by atoms with Gasteiger partial charge in [-0.3, -0.25) is 0 Å². The van der Waals surface area contributed by atoms with Gasteiger partial charge in [0.05, 0.1) is 0 Å². The van der Waals surface area contributed by atoms with Crippen LogP contribution in [0.15, 0.2) is 53.1 Å². The van der Waals surface area contributed by atoms with Crippen LogP contribution in [0.4, 0.5) is 0 Å². The third kappa shape index (κ3) is 2.71. The van der Waals surface area contributed by atoms with Crippen molar-refractivity contribution in [2.75, 3.05) is 6.54 Å². The first kappa shape index (κ1) is 13.5. The molecule has 1 aromatic heterocycles. The fraction of sp³-hybridized carbons (Fsp3) is 0.176. The third-order valence-corrected chi connectivity index (χ3v) is 3.47. The van der Waals surface area contributed by atoms with Gasteiger partial charge in [-0.25, -0.2) is 0 Å². The average Bonchev–Trinajstić information content (AvgIpc) is 2.98. The van der Waals surface area contributed by atoms with Crippen LogP contribution in [0.25, 0.3) is 22.8 Å². The lowest BCUT2D eigenvalue weighted by Crippen LogP contribution is -2.03. The molecule has 0 aliphatic heterocycles. The van der Waals surface area contributed by atoms with Gasteiger partial charge in [-0.1, -0.05) is 47.6 Å². The lowest BCUT2D eigenvalue weighted by Gasteiger charge is -2.03. The highest BCUT2D eigenvalue weighted by molar-refractivity contribution is 5.64. The largest absolute Gasteiger partial charge is 0.334 e. The van der Waals surface area contributed by atoms with Crippen LogP contribution < -0.4 is 5.73 Å². The maximum Gasteiger partial charge on any atom is 0.258 e. The first-order valence-electron chi connectivity index (χ1n) is 6.97. The van der Waals surface area contributed by atoms with Crippen molar-refractivity contribution in [2.24, 2.45) is 5.73 Å². The number of aryl methyl sites for hydroxylation is 1. The van der Waals surface area contributed by atoms with E-state index in [1.54, 1.807) is 0 Å². The molecule has 0 aliphatic rings. The summed E-state index contributed by atoms with van der Waals surface area (Å²) in [7, 11) is 0. The van der Waals surface area contributed by atoms with Crippen LogP contribution in [-0.2, 0) is 6.42 Å². The van der Waals surface area contributed by atoms with E-state index in [9.17, 15) is 0 Å². The summed E-state index contributed by atoms with van der Waals surface area (Å²) >= 11 is 0. The van der Waals surface area contributed by atoms with Gasteiger partial charge in [0.1, 0.15) is 0 Å². The molecular weight excluding hydrogens is 262 g/mol. The highest BCUT2D eigenvalue weighted by Gasteiger charge is 2.14. The van der Waals surface area contributed by atoms with Crippen molar-refractivity contribution >= 4 is 0 Å². The van der Waals surface area contributed by atoms with Crippen LogP contribution in [-0.4, -0.2) is 16.7 Å². The summed E-state index contributed by atoms with van der Waals surface area (Å²) in [5.41, 5.74) is 9.85. The van der Waals surface area contributed by atoms with Crippen molar-refractivity contribution in [3.8, 4) is 22.8 Å². The van der Waals surface area contributed by atoms with Gasteiger partial charge in [0, 0.05) is 11.1 Å². The summed E-state index contributed by atoms with van der Waals surface area (Å²) in [5.74, 6) is 1.16. The normalized spacial score (nSPS) is 10.8. The standard InChI is InChI=1S/C17H17N3O/c1-12-6-2-4-8-14(12)16-19-17(21-20-16)15-9-5-3-7-13(15)10-11-18/h2-9H,10-11,18H2,1H3. The third-order valence-electron chi connectivity index (χ3n) is 3.47. The molecule has 0 radical (unpaired) electrons. The maximum absolute atomic E-state index is 5.66. The molecule has 3 aromatic rings. The molecule has 0 saturated heterocycles. The summed E-state index contributed by atoms with van der Waals surface area (Å²) < 4.78 is 5.45. The molecule has 2 N–H and O–H groups in total. The second-order valence-corrected chi connectivity index (χ2v) is 4.93. The van der Waals surface area contributed by atoms with E-state index in [4.69, 9.17) is 10.3 Å². The Morgan fingerprint density at radius 3 is 2.48 bits per heavy atom. The van der Waals surface area contributed by atoms with E-state index in [-0.39, 0.29) is 0 Å². The number of aromatic nitrogens is 2. The molecule has 0 aliphatic carbocycles. The number of hydrogen-bond acceptors (Lipinski definition) is 4. The Kier molecular flexibility index (Phi) is 3.79. The Hall–Kier alpha value is -2.46. The fourth-order valence-corrected chi connectivity index (χ4v) is 2.37. The van der Waals surface area contributed by atoms with Crippen molar-refractivity contribution < 1.29 is 4.52 Å². The van der Waals surface area contributed by atoms with Crippen molar-refractivity contribution in [3.63, 3.8) is 0 Å². The Balaban J connectivity index is 2.01. The van der Waals surface area contributed by atoms with Crippen molar-refractivity contribution in [1.29, 1.82) is 0 Å². The monoisotopic (exact) mass is 279 g/mol. The number of rotatable bonds is 4. The second-order valence-electron chi connectivity index (χ2n) is 4.93. The van der Waals surface area contributed by atoms with E-state index in [2.05, 4.69) is 10.1 Å². The van der Waals surface area contributed by atoms with Gasteiger partial charge in [-0.05, 0) is 37.1 Å². The molecule has 0 unspecified atom stereocenters. The van der Waals surface area contributed by atoms with Crippen LogP contribution in [0.1, 0.15) is 11.1 Å². The Morgan fingerprint density at radius 2 is 1.71 bits per heavy atom. The smallest absolute Gasteiger partial charge is 0.258 e. The summed E-state index contributed by atoms with van der Waals surface area (Å²) in [4.78, 5) is 4.54. The van der Waals surface area contributed by atoms with Gasteiger partial charge in [-0.15, -0.1) is 0 Å². The molecular formula is C17H17N3O. The van der Waals surface area contributed by atoms with Gasteiger partial charge < -0.3 is 10.3 Å². The summed E-state index contributed by atoms with van der Waals surface area (Å²) in [6.07, 6.45) is 0.790. The molecule has 2 aromatic carbocycles. The minimum Gasteiger partial charge on any atom is -0.334 e. The maximum atomic E-state index is 5.66. The van der Waals surface area contributed by atoms with Gasteiger partial charge in [0.2, 0.25) is 5.82 Å². The van der Waals surface area contributed by atoms with Crippen LogP contribution in [0.3, 0.4) is 0 Å². The fourth-order valence-electron chi connectivity index (χ4n) is 2.37. The zero-order valence-electron chi connectivity index (χ0n) is 11.9. The molecule has 0 atom stereocenters. The molecule has 4 nitrogen and oxygen atoms in total. The van der Waals surface area contributed by atoms with Crippen molar-refractivity contribution in [2.45, 2.75) is 13.3 Å². The summed E-state index contributed by atoms with van der Waals surface area (Å²) in [6.45, 7) is 2.63. The SMILES string of the molecule is Cc1ccccc1-c1noc(-c2ccccc2CCN)n1. The van der Waals surface area contributed by atoms with Crippen molar-refractivity contribution in [1.82, 2.24) is 10.1 Å². The van der Waals surface area contributed by atoms with Crippen LogP contribution >= 0.6 is 0 Å². The van der Waals surface area contributed by atoms with Gasteiger partial charge in [0.15, 0.2) is 0 Å². The second kappa shape index (κ2) is 5.89. The quantitative estimate of drug-likeness (QED) is 0.796. The zero-order chi connectivity index (χ0) is 14.7. The van der Waals surface area contributed by atoms with E-state index in [0.717, 1.165) is 28.7 Å². The number of nitrogens with zero attached hydrogens (tertiary/aromatic N) is 2. The average molecular weight is 279 g/mol. The van der Waals surface area contributed by atoms with E-state index < -0.39 is 0 Å². The van der Waals surface area contributed by atoms with E-state index in [1.165, 1.54) is 0 Å². The molecule has 0 bridgehead atoms. The van der Waals surface area contributed by atoms with Crippen LogP contribution in [0.2, 0.25) is 0 Å². The molecule has 0 amide bonds. The Morgan fingerprint density at radius 1 is 1.00 bits per heavy atom. The van der Waals surface area contributed by atoms with Gasteiger partial charge in [0.25, 0.3) is 5.89 Å². The first-order valence-corrected chi connectivity index (χ1v) is 6.97. The topological polar surface area (TPSA) is 64.9 Å². The number of nitrogens with two attached hydrogens (primary N) is 1. The van der Waals surface area contributed by atoms with Crippen LogP contribution in [0.5, 0.6) is 0 Å². The molecule has 106 valence electrons. The first-order chi connectivity index (χ1) is 10.3. The van der Waals surface area contributed by atoms with E-state index in [0.29, 0.717) is 18.3 Å². The summed E-state index contributed by atoms with van der Waals surface area (Å²) in [6, 6.07) is 16.0. The Labute approximate surface area is 123 Å². The van der Waals surface area contributed by atoms with Crippen molar-refractivity contribution in [3.05, 3.63) is 59.7 Å². The van der Waals surface area contributed by atoms with E-state index in [1.807, 2.05) is 55.5 Å². The van der Waals surface area contributed by atoms with Crippen LogP contribution in [0, 0.1) is 6.92 Å². The minimum atomic E-state index is 0.539. The van der Waals surface area contributed by atoms with E-state index >= 15 is 0 Å². The highest BCUT2D eigenvalue weighted by Crippen LogP contribution is 2.26. The lowest BCUT2D eigenvalue weighted by molar-refractivity contribution is 0.432. The highest BCUT2D eigenvalue weighted by atomic mass is 16.5. The Bertz CT molecular complexity index is 749. The number of benzene rings is 2. The predicted molar refractivity (Wildman–Crippen MR) is 82.7 cm³/mol. The molecule has 0 saturated carbocycles. The molecule has 3 rings (SSSR count). The molecule has 1 heterocycles. The van der Waals surface area contributed by atoms with Gasteiger partial charge in [-0.2, -0.15) is 4.98 Å². The molecule has 4 heteroatoms. The predicted octanol–water partition coefficient (Wildman–Crippen LogP) is 3.21. The minimum absolute atomic E-state index is 0.539. The zero-order valence-corrected chi connectivity index (χ0v) is 11.9. The molecule has 0 fully saturated rings. The summed E-state index contributed by atoms with van der Waals surface area (Å²) in [5, 5.41) is 4.11. The lowest BCUT2D eigenvalue weighted by atomic mass is 10.0.